The van der Waals surface area contributed by atoms with Crippen molar-refractivity contribution in [3.8, 4) is 0 Å². The molecular formula is C19H30ClN3OS. The van der Waals surface area contributed by atoms with Crippen molar-refractivity contribution >= 4 is 28.6 Å². The van der Waals surface area contributed by atoms with Gasteiger partial charge in [-0.3, -0.25) is 9.69 Å². The third kappa shape index (κ3) is 8.45. The first-order valence-electron chi connectivity index (χ1n) is 8.96. The van der Waals surface area contributed by atoms with Crippen LogP contribution in [0.3, 0.4) is 0 Å². The number of benzene rings is 1. The number of hydrogen-bond donors (Lipinski definition) is 1. The number of rotatable bonds is 6. The quantitative estimate of drug-likeness (QED) is 0.750. The van der Waals surface area contributed by atoms with Crippen molar-refractivity contribution in [2.75, 3.05) is 38.5 Å². The summed E-state index contributed by atoms with van der Waals surface area (Å²) in [5, 5.41) is 3.86. The fourth-order valence-electron chi connectivity index (χ4n) is 2.81. The highest BCUT2D eigenvalue weighted by Crippen LogP contribution is 2.14. The summed E-state index contributed by atoms with van der Waals surface area (Å²) < 4.78 is 0. The van der Waals surface area contributed by atoms with E-state index in [-0.39, 0.29) is 10.8 Å². The molecule has 1 aliphatic rings. The van der Waals surface area contributed by atoms with Crippen LogP contribution in [0, 0.1) is 0 Å². The summed E-state index contributed by atoms with van der Waals surface area (Å²) in [5.41, 5.74) is 1.17. The first-order chi connectivity index (χ1) is 11.8. The second kappa shape index (κ2) is 9.81. The van der Waals surface area contributed by atoms with Crippen LogP contribution in [-0.4, -0.2) is 59.1 Å². The van der Waals surface area contributed by atoms with Crippen LogP contribution in [0.25, 0.3) is 0 Å². The van der Waals surface area contributed by atoms with Gasteiger partial charge in [-0.05, 0) is 51.4 Å². The molecular weight excluding hydrogens is 354 g/mol. The van der Waals surface area contributed by atoms with Gasteiger partial charge in [0.15, 0.2) is 0 Å². The molecule has 25 heavy (non-hydrogen) atoms. The molecule has 1 amide bonds. The number of amides is 1. The van der Waals surface area contributed by atoms with Crippen LogP contribution in [0.2, 0.25) is 5.02 Å². The van der Waals surface area contributed by atoms with Crippen molar-refractivity contribution < 1.29 is 4.79 Å². The number of carbonyl (C=O) groups excluding carboxylic acids is 1. The van der Waals surface area contributed by atoms with E-state index >= 15 is 0 Å². The van der Waals surface area contributed by atoms with E-state index in [2.05, 4.69) is 27.2 Å². The van der Waals surface area contributed by atoms with Gasteiger partial charge in [-0.2, -0.15) is 0 Å². The number of carbonyl (C=O) groups is 1. The third-order valence-electron chi connectivity index (χ3n) is 4.11. The summed E-state index contributed by atoms with van der Waals surface area (Å²) in [7, 11) is 0. The molecule has 1 heterocycles. The van der Waals surface area contributed by atoms with Gasteiger partial charge in [0.25, 0.3) is 5.24 Å². The van der Waals surface area contributed by atoms with Crippen molar-refractivity contribution in [2.45, 2.75) is 39.3 Å². The Hall–Kier alpha value is -0.750. The summed E-state index contributed by atoms with van der Waals surface area (Å²) in [6.45, 7) is 12.5. The standard InChI is InChI=1S/C19H30ClN3OS/c1-19(2,3)21-18(24)25-14-4-9-22-10-12-23(13-11-22)15-16-5-7-17(20)8-6-16/h5-8H,4,9-15H2,1-3H3,(H,21,24). The minimum Gasteiger partial charge on any atom is -0.342 e. The van der Waals surface area contributed by atoms with Crippen LogP contribution in [0.15, 0.2) is 24.3 Å². The monoisotopic (exact) mass is 383 g/mol. The normalized spacial score (nSPS) is 16.8. The lowest BCUT2D eigenvalue weighted by Gasteiger charge is -2.34. The van der Waals surface area contributed by atoms with E-state index in [4.69, 9.17) is 11.6 Å². The number of halogens is 1. The van der Waals surface area contributed by atoms with Gasteiger partial charge < -0.3 is 10.2 Å². The van der Waals surface area contributed by atoms with Crippen molar-refractivity contribution in [3.63, 3.8) is 0 Å². The highest BCUT2D eigenvalue weighted by Gasteiger charge is 2.17. The Bertz CT molecular complexity index is 537. The maximum absolute atomic E-state index is 11.8. The molecule has 0 aliphatic carbocycles. The van der Waals surface area contributed by atoms with E-state index in [0.29, 0.717) is 0 Å². The summed E-state index contributed by atoms with van der Waals surface area (Å²) in [4.78, 5) is 16.8. The Morgan fingerprint density at radius 3 is 2.32 bits per heavy atom. The number of nitrogens with one attached hydrogen (secondary N) is 1. The molecule has 1 aromatic carbocycles. The molecule has 0 aromatic heterocycles. The molecule has 0 radical (unpaired) electrons. The third-order valence-corrected chi connectivity index (χ3v) is 5.22. The Morgan fingerprint density at radius 1 is 1.12 bits per heavy atom. The van der Waals surface area contributed by atoms with Gasteiger partial charge in [0.05, 0.1) is 0 Å². The Kier molecular flexibility index (Phi) is 8.07. The van der Waals surface area contributed by atoms with Gasteiger partial charge in [0, 0.05) is 49.0 Å². The first kappa shape index (κ1) is 20.6. The molecule has 4 nitrogen and oxygen atoms in total. The first-order valence-corrected chi connectivity index (χ1v) is 10.3. The van der Waals surface area contributed by atoms with E-state index in [1.807, 2.05) is 32.9 Å². The molecule has 6 heteroatoms. The number of piperazine rings is 1. The fourth-order valence-corrected chi connectivity index (χ4v) is 3.78. The predicted molar refractivity (Wildman–Crippen MR) is 109 cm³/mol. The van der Waals surface area contributed by atoms with E-state index in [0.717, 1.165) is 56.5 Å². The highest BCUT2D eigenvalue weighted by atomic mass is 35.5. The molecule has 1 saturated heterocycles. The largest absolute Gasteiger partial charge is 0.342 e. The van der Waals surface area contributed by atoms with E-state index < -0.39 is 0 Å². The number of hydrogen-bond acceptors (Lipinski definition) is 4. The smallest absolute Gasteiger partial charge is 0.279 e. The molecule has 140 valence electrons. The second-order valence-electron chi connectivity index (χ2n) is 7.61. The maximum atomic E-state index is 11.8. The van der Waals surface area contributed by atoms with Crippen LogP contribution in [0.1, 0.15) is 32.8 Å². The SMILES string of the molecule is CC(C)(C)NC(=O)SCCCN1CCN(Cc2ccc(Cl)cc2)CC1. The van der Waals surface area contributed by atoms with Crippen LogP contribution in [-0.2, 0) is 6.54 Å². The predicted octanol–water partition coefficient (Wildman–Crippen LogP) is 4.09. The van der Waals surface area contributed by atoms with Crippen molar-refractivity contribution in [2.24, 2.45) is 0 Å². The molecule has 0 unspecified atom stereocenters. The number of nitrogens with zero attached hydrogens (tertiary/aromatic N) is 2. The van der Waals surface area contributed by atoms with Crippen molar-refractivity contribution in [1.82, 2.24) is 15.1 Å². The van der Waals surface area contributed by atoms with Crippen LogP contribution in [0.4, 0.5) is 4.79 Å². The lowest BCUT2D eigenvalue weighted by atomic mass is 10.1. The lowest BCUT2D eigenvalue weighted by molar-refractivity contribution is 0.127. The average Bonchev–Trinajstić information content (AvgIpc) is 2.54. The molecule has 0 atom stereocenters. The van der Waals surface area contributed by atoms with Crippen LogP contribution >= 0.6 is 23.4 Å². The zero-order valence-corrected chi connectivity index (χ0v) is 17.1. The topological polar surface area (TPSA) is 35.6 Å². The zero-order valence-electron chi connectivity index (χ0n) is 15.6. The minimum absolute atomic E-state index is 0.0836. The number of thioether (sulfide) groups is 1. The average molecular weight is 384 g/mol. The van der Waals surface area contributed by atoms with Gasteiger partial charge in [-0.1, -0.05) is 35.5 Å². The molecule has 0 spiro atoms. The molecule has 1 N–H and O–H groups in total. The summed E-state index contributed by atoms with van der Waals surface area (Å²) in [6, 6.07) is 8.13. The summed E-state index contributed by atoms with van der Waals surface area (Å²) in [6.07, 6.45) is 1.05. The van der Waals surface area contributed by atoms with Crippen molar-refractivity contribution in [3.05, 3.63) is 34.9 Å². The van der Waals surface area contributed by atoms with Gasteiger partial charge in [0.2, 0.25) is 0 Å². The maximum Gasteiger partial charge on any atom is 0.279 e. The molecule has 0 bridgehead atoms. The molecule has 1 fully saturated rings. The minimum atomic E-state index is -0.148. The van der Waals surface area contributed by atoms with Gasteiger partial charge in [-0.15, -0.1) is 0 Å². The Morgan fingerprint density at radius 2 is 1.72 bits per heavy atom. The molecule has 1 aliphatic heterocycles. The van der Waals surface area contributed by atoms with Crippen molar-refractivity contribution in [1.29, 1.82) is 0 Å². The summed E-state index contributed by atoms with van der Waals surface area (Å²) in [5.74, 6) is 0.882. The van der Waals surface area contributed by atoms with E-state index in [9.17, 15) is 4.79 Å². The van der Waals surface area contributed by atoms with Gasteiger partial charge in [0.1, 0.15) is 0 Å². The highest BCUT2D eigenvalue weighted by molar-refractivity contribution is 8.13. The van der Waals surface area contributed by atoms with Crippen LogP contribution < -0.4 is 5.32 Å². The summed E-state index contributed by atoms with van der Waals surface area (Å²) >= 11 is 7.34. The fraction of sp³-hybridized carbons (Fsp3) is 0.632. The van der Waals surface area contributed by atoms with Gasteiger partial charge >= 0.3 is 0 Å². The molecule has 0 saturated carbocycles. The van der Waals surface area contributed by atoms with E-state index in [1.54, 1.807) is 0 Å². The second-order valence-corrected chi connectivity index (χ2v) is 9.11. The Labute approximate surface area is 161 Å². The zero-order chi connectivity index (χ0) is 18.3. The van der Waals surface area contributed by atoms with Gasteiger partial charge in [-0.25, -0.2) is 0 Å². The van der Waals surface area contributed by atoms with E-state index in [1.165, 1.54) is 17.3 Å². The molecule has 1 aromatic rings. The van der Waals surface area contributed by atoms with Crippen LogP contribution in [0.5, 0.6) is 0 Å². The Balaban J connectivity index is 1.58. The molecule has 2 rings (SSSR count). The lowest BCUT2D eigenvalue weighted by Crippen LogP contribution is -2.46.